The second-order valence-electron chi connectivity index (χ2n) is 5.64. The van der Waals surface area contributed by atoms with Crippen molar-refractivity contribution in [2.24, 2.45) is 0 Å². The first-order valence-electron chi connectivity index (χ1n) is 6.42. The van der Waals surface area contributed by atoms with Gasteiger partial charge in [0, 0.05) is 29.5 Å². The van der Waals surface area contributed by atoms with Crippen LogP contribution in [0.5, 0.6) is 0 Å². The Hall–Kier alpha value is -1.81. The first-order chi connectivity index (χ1) is 9.38. The van der Waals surface area contributed by atoms with Crippen LogP contribution in [0.1, 0.15) is 26.3 Å². The van der Waals surface area contributed by atoms with E-state index in [1.807, 2.05) is 45.0 Å². The van der Waals surface area contributed by atoms with Crippen molar-refractivity contribution in [3.05, 3.63) is 53.6 Å². The molecule has 1 aromatic carbocycles. The molecule has 5 heteroatoms. The van der Waals surface area contributed by atoms with E-state index in [4.69, 9.17) is 11.6 Å². The molecular weight excluding hydrogens is 274 g/mol. The number of nitrogens with zero attached hydrogens (tertiary/aromatic N) is 3. The van der Waals surface area contributed by atoms with Crippen molar-refractivity contribution in [2.75, 3.05) is 0 Å². The number of hydrogen-bond donors (Lipinski definition) is 0. The Labute approximate surface area is 124 Å². The second-order valence-corrected chi connectivity index (χ2v) is 6.07. The van der Waals surface area contributed by atoms with Gasteiger partial charge in [-0.2, -0.15) is 0 Å². The van der Waals surface area contributed by atoms with Crippen molar-refractivity contribution < 1.29 is 4.79 Å². The smallest absolute Gasteiger partial charge is 0.315 e. The van der Waals surface area contributed by atoms with Crippen LogP contribution in [0.4, 0.5) is 4.79 Å². The molecule has 106 valence electrons. The normalized spacial score (nSPS) is 11.4. The Morgan fingerprint density at radius 3 is 2.45 bits per heavy atom. The highest BCUT2D eigenvalue weighted by atomic mass is 35.5. The first-order valence-corrected chi connectivity index (χ1v) is 6.80. The number of amides is 1. The van der Waals surface area contributed by atoms with Gasteiger partial charge in [0.25, 0.3) is 0 Å². The Bertz CT molecular complexity index is 570. The maximum Gasteiger partial charge on any atom is 0.330 e. The zero-order valence-electron chi connectivity index (χ0n) is 11.9. The third-order valence-corrected chi connectivity index (χ3v) is 3.27. The minimum Gasteiger partial charge on any atom is -0.315 e. The van der Waals surface area contributed by atoms with E-state index in [9.17, 15) is 4.79 Å². The van der Waals surface area contributed by atoms with Crippen LogP contribution in [-0.2, 0) is 6.54 Å². The van der Waals surface area contributed by atoms with Crippen LogP contribution in [0, 0.1) is 0 Å². The van der Waals surface area contributed by atoms with Crippen molar-refractivity contribution in [2.45, 2.75) is 32.9 Å². The Morgan fingerprint density at radius 2 is 1.95 bits per heavy atom. The molecule has 2 rings (SSSR count). The molecule has 4 nitrogen and oxygen atoms in total. The van der Waals surface area contributed by atoms with Gasteiger partial charge in [0.1, 0.15) is 6.33 Å². The molecule has 0 saturated carbocycles. The quantitative estimate of drug-likeness (QED) is 0.844. The molecule has 0 aliphatic heterocycles. The van der Waals surface area contributed by atoms with E-state index in [0.717, 1.165) is 5.56 Å². The number of carbonyl (C=O) groups is 1. The summed E-state index contributed by atoms with van der Waals surface area (Å²) in [5.74, 6) is 0. The van der Waals surface area contributed by atoms with Gasteiger partial charge in [0.15, 0.2) is 0 Å². The third kappa shape index (κ3) is 3.39. The SMILES string of the molecule is CC(C)(C)N(Cc1ccc(Cl)cc1)C(=O)n1ccnc1. The average Bonchev–Trinajstić information content (AvgIpc) is 2.89. The van der Waals surface area contributed by atoms with E-state index in [-0.39, 0.29) is 11.6 Å². The van der Waals surface area contributed by atoms with Crippen LogP contribution in [-0.4, -0.2) is 26.0 Å². The summed E-state index contributed by atoms with van der Waals surface area (Å²) in [6, 6.07) is 7.44. The van der Waals surface area contributed by atoms with Crippen LogP contribution >= 0.6 is 11.6 Å². The van der Waals surface area contributed by atoms with E-state index < -0.39 is 0 Å². The van der Waals surface area contributed by atoms with Gasteiger partial charge in [-0.25, -0.2) is 9.78 Å². The fraction of sp³-hybridized carbons (Fsp3) is 0.333. The van der Waals surface area contributed by atoms with Gasteiger partial charge < -0.3 is 4.90 Å². The Morgan fingerprint density at radius 1 is 1.30 bits per heavy atom. The van der Waals surface area contributed by atoms with Gasteiger partial charge in [0.05, 0.1) is 0 Å². The number of hydrogen-bond acceptors (Lipinski definition) is 2. The van der Waals surface area contributed by atoms with E-state index >= 15 is 0 Å². The van der Waals surface area contributed by atoms with Gasteiger partial charge in [-0.1, -0.05) is 23.7 Å². The molecule has 0 atom stereocenters. The summed E-state index contributed by atoms with van der Waals surface area (Å²) in [6.07, 6.45) is 4.77. The maximum atomic E-state index is 12.5. The summed E-state index contributed by atoms with van der Waals surface area (Å²) in [7, 11) is 0. The van der Waals surface area contributed by atoms with Gasteiger partial charge in [0.2, 0.25) is 0 Å². The highest BCUT2D eigenvalue weighted by molar-refractivity contribution is 6.30. The lowest BCUT2D eigenvalue weighted by atomic mass is 10.1. The predicted octanol–water partition coefficient (Wildman–Crippen LogP) is 3.81. The Kier molecular flexibility index (Phi) is 4.14. The molecule has 2 aromatic rings. The van der Waals surface area contributed by atoms with Crippen LogP contribution in [0.2, 0.25) is 5.02 Å². The summed E-state index contributed by atoms with van der Waals surface area (Å²) in [4.78, 5) is 18.3. The van der Waals surface area contributed by atoms with E-state index in [1.165, 1.54) is 10.9 Å². The highest BCUT2D eigenvalue weighted by Gasteiger charge is 2.27. The molecule has 0 bridgehead atoms. The van der Waals surface area contributed by atoms with Crippen LogP contribution in [0.3, 0.4) is 0 Å². The fourth-order valence-electron chi connectivity index (χ4n) is 1.88. The van der Waals surface area contributed by atoms with Gasteiger partial charge in [-0.15, -0.1) is 0 Å². The molecule has 1 aromatic heterocycles. The van der Waals surface area contributed by atoms with Gasteiger partial charge in [-0.05, 0) is 38.5 Å². The van der Waals surface area contributed by atoms with Crippen molar-refractivity contribution >= 4 is 17.6 Å². The molecule has 0 unspecified atom stereocenters. The largest absolute Gasteiger partial charge is 0.330 e. The van der Waals surface area contributed by atoms with Crippen LogP contribution in [0.15, 0.2) is 43.0 Å². The molecule has 0 radical (unpaired) electrons. The molecule has 20 heavy (non-hydrogen) atoms. The molecule has 0 spiro atoms. The average molecular weight is 292 g/mol. The summed E-state index contributed by atoms with van der Waals surface area (Å²) < 4.78 is 1.49. The zero-order chi connectivity index (χ0) is 14.8. The van der Waals surface area contributed by atoms with Crippen molar-refractivity contribution in [3.8, 4) is 0 Å². The maximum absolute atomic E-state index is 12.5. The number of carbonyl (C=O) groups excluding carboxylic acids is 1. The molecule has 0 fully saturated rings. The summed E-state index contributed by atoms with van der Waals surface area (Å²) in [5, 5.41) is 0.692. The van der Waals surface area contributed by atoms with Crippen molar-refractivity contribution in [1.29, 1.82) is 0 Å². The molecule has 0 N–H and O–H groups in total. The van der Waals surface area contributed by atoms with Gasteiger partial charge in [-0.3, -0.25) is 4.57 Å². The van der Waals surface area contributed by atoms with Crippen molar-refractivity contribution in [3.63, 3.8) is 0 Å². The molecular formula is C15H18ClN3O. The highest BCUT2D eigenvalue weighted by Crippen LogP contribution is 2.20. The Balaban J connectivity index is 2.25. The van der Waals surface area contributed by atoms with Crippen LogP contribution in [0.25, 0.3) is 0 Å². The zero-order valence-corrected chi connectivity index (χ0v) is 12.6. The molecule has 0 aliphatic carbocycles. The standard InChI is InChI=1S/C15H18ClN3O/c1-15(2,3)19(14(20)18-9-8-17-11-18)10-12-4-6-13(16)7-5-12/h4-9,11H,10H2,1-3H3. The third-order valence-electron chi connectivity index (χ3n) is 3.02. The number of aromatic nitrogens is 2. The number of benzene rings is 1. The molecule has 1 amide bonds. The molecule has 0 aliphatic rings. The van der Waals surface area contributed by atoms with E-state index in [1.54, 1.807) is 17.3 Å². The molecule has 1 heterocycles. The van der Waals surface area contributed by atoms with Crippen LogP contribution < -0.4 is 0 Å². The fourth-order valence-corrected chi connectivity index (χ4v) is 2.00. The first kappa shape index (κ1) is 14.6. The van der Waals surface area contributed by atoms with Crippen molar-refractivity contribution in [1.82, 2.24) is 14.5 Å². The minimum atomic E-state index is -0.291. The summed E-state index contributed by atoms with van der Waals surface area (Å²) in [6.45, 7) is 6.56. The summed E-state index contributed by atoms with van der Waals surface area (Å²) in [5.41, 5.74) is 0.749. The number of halogens is 1. The predicted molar refractivity (Wildman–Crippen MR) is 79.8 cm³/mol. The lowest BCUT2D eigenvalue weighted by molar-refractivity contribution is 0.141. The lowest BCUT2D eigenvalue weighted by Crippen LogP contribution is -2.46. The minimum absolute atomic E-state index is 0.0926. The number of imidazole rings is 1. The lowest BCUT2D eigenvalue weighted by Gasteiger charge is -2.35. The van der Waals surface area contributed by atoms with Gasteiger partial charge >= 0.3 is 6.03 Å². The van der Waals surface area contributed by atoms with E-state index in [2.05, 4.69) is 4.98 Å². The van der Waals surface area contributed by atoms with E-state index in [0.29, 0.717) is 11.6 Å². The topological polar surface area (TPSA) is 38.1 Å². The number of rotatable bonds is 2. The summed E-state index contributed by atoms with van der Waals surface area (Å²) >= 11 is 5.89. The molecule has 0 saturated heterocycles. The second kappa shape index (κ2) is 5.67. The monoisotopic (exact) mass is 291 g/mol.